The Morgan fingerprint density at radius 2 is 2.40 bits per heavy atom. The van der Waals surface area contributed by atoms with Crippen molar-refractivity contribution in [2.24, 2.45) is 10.9 Å². The Balaban J connectivity index is 2.64. The number of hydrogen-bond acceptors (Lipinski definition) is 5. The molecule has 0 aliphatic carbocycles. The summed E-state index contributed by atoms with van der Waals surface area (Å²) in [5, 5.41) is 11.9. The lowest BCUT2D eigenvalue weighted by atomic mass is 10.0. The van der Waals surface area contributed by atoms with Crippen molar-refractivity contribution in [1.29, 1.82) is 5.41 Å². The van der Waals surface area contributed by atoms with Crippen LogP contribution in [0.3, 0.4) is 0 Å². The van der Waals surface area contributed by atoms with Gasteiger partial charge in [0.15, 0.2) is 5.15 Å². The van der Waals surface area contributed by atoms with Gasteiger partial charge in [-0.15, -0.1) is 0 Å². The third-order valence-electron chi connectivity index (χ3n) is 2.36. The summed E-state index contributed by atoms with van der Waals surface area (Å²) in [7, 11) is 1.87. The van der Waals surface area contributed by atoms with Crippen molar-refractivity contribution in [2.75, 3.05) is 18.5 Å². The molecule has 0 unspecified atom stereocenters. The highest BCUT2D eigenvalue weighted by atomic mass is 35.5. The first kappa shape index (κ1) is 9.92. The predicted molar refractivity (Wildman–Crippen MR) is 61.0 cm³/mol. The Kier molecular flexibility index (Phi) is 2.32. The number of rotatable bonds is 0. The van der Waals surface area contributed by atoms with Crippen LogP contribution in [0, 0.1) is 5.41 Å². The number of halogens is 1. The lowest BCUT2D eigenvalue weighted by Crippen LogP contribution is -2.38. The van der Waals surface area contributed by atoms with Gasteiger partial charge in [-0.3, -0.25) is 5.41 Å². The van der Waals surface area contributed by atoms with Gasteiger partial charge in [-0.25, -0.2) is 4.98 Å². The lowest BCUT2D eigenvalue weighted by Gasteiger charge is -2.28. The molecule has 1 aromatic rings. The molecule has 1 aliphatic heterocycles. The Labute approximate surface area is 92.1 Å². The third kappa shape index (κ3) is 1.45. The van der Waals surface area contributed by atoms with E-state index >= 15 is 0 Å². The van der Waals surface area contributed by atoms with Gasteiger partial charge in [-0.05, 0) is 6.07 Å². The number of nitrogens with zero attached hydrogens (tertiary/aromatic N) is 3. The SMILES string of the molecule is CN1C/C(=N/N)C(=N)c2ccnc(Cl)c21. The standard InChI is InChI=1S/C9H10ClN5/c1-15-4-6(14-12)7(11)5-2-3-13-9(10)8(5)15/h2-3,11H,4,12H2,1H3/b11-7?,14-6-. The molecule has 2 rings (SSSR count). The number of nitrogens with one attached hydrogen (secondary N) is 1. The van der Waals surface area contributed by atoms with Crippen molar-refractivity contribution < 1.29 is 0 Å². The number of fused-ring (bicyclic) bond motifs is 1. The first-order valence-electron chi connectivity index (χ1n) is 4.37. The minimum absolute atomic E-state index is 0.315. The predicted octanol–water partition coefficient (Wildman–Crippen LogP) is 0.867. The zero-order chi connectivity index (χ0) is 11.0. The molecule has 5 nitrogen and oxygen atoms in total. The smallest absolute Gasteiger partial charge is 0.152 e. The summed E-state index contributed by atoms with van der Waals surface area (Å²) < 4.78 is 0. The van der Waals surface area contributed by atoms with Crippen LogP contribution in [0.25, 0.3) is 0 Å². The average Bonchev–Trinajstić information content (AvgIpc) is 2.23. The van der Waals surface area contributed by atoms with Gasteiger partial charge in [0.1, 0.15) is 5.71 Å². The second-order valence-electron chi connectivity index (χ2n) is 3.30. The Bertz CT molecular complexity index is 454. The Morgan fingerprint density at radius 1 is 1.67 bits per heavy atom. The van der Waals surface area contributed by atoms with Crippen molar-refractivity contribution in [3.63, 3.8) is 0 Å². The highest BCUT2D eigenvalue weighted by molar-refractivity contribution is 6.51. The fourth-order valence-corrected chi connectivity index (χ4v) is 1.94. The summed E-state index contributed by atoms with van der Waals surface area (Å²) in [5.41, 5.74) is 2.34. The molecule has 2 heterocycles. The van der Waals surface area contributed by atoms with Gasteiger partial charge in [0.2, 0.25) is 0 Å². The lowest BCUT2D eigenvalue weighted by molar-refractivity contribution is 1.02. The van der Waals surface area contributed by atoms with Crippen LogP contribution < -0.4 is 10.7 Å². The molecule has 0 fully saturated rings. The molecule has 0 amide bonds. The largest absolute Gasteiger partial charge is 0.365 e. The molecule has 0 atom stereocenters. The topological polar surface area (TPSA) is 78.4 Å². The molecule has 0 aromatic carbocycles. The molecule has 0 spiro atoms. The van der Waals surface area contributed by atoms with Crippen molar-refractivity contribution in [3.05, 3.63) is 23.0 Å². The van der Waals surface area contributed by atoms with E-state index in [4.69, 9.17) is 22.9 Å². The van der Waals surface area contributed by atoms with E-state index in [-0.39, 0.29) is 0 Å². The minimum Gasteiger partial charge on any atom is -0.365 e. The zero-order valence-electron chi connectivity index (χ0n) is 8.16. The number of aromatic nitrogens is 1. The summed E-state index contributed by atoms with van der Waals surface area (Å²) in [4.78, 5) is 5.87. The number of anilines is 1. The van der Waals surface area contributed by atoms with Crippen LogP contribution >= 0.6 is 11.6 Å². The first-order chi connectivity index (χ1) is 7.15. The van der Waals surface area contributed by atoms with Crippen molar-refractivity contribution in [1.82, 2.24) is 4.98 Å². The zero-order valence-corrected chi connectivity index (χ0v) is 8.91. The number of hydrazone groups is 1. The highest BCUT2D eigenvalue weighted by Crippen LogP contribution is 2.30. The molecular weight excluding hydrogens is 214 g/mol. The van der Waals surface area contributed by atoms with Gasteiger partial charge in [0.25, 0.3) is 0 Å². The van der Waals surface area contributed by atoms with E-state index in [0.717, 1.165) is 5.69 Å². The molecule has 3 N–H and O–H groups in total. The van der Waals surface area contributed by atoms with Gasteiger partial charge in [-0.2, -0.15) is 5.10 Å². The third-order valence-corrected chi connectivity index (χ3v) is 2.64. The second-order valence-corrected chi connectivity index (χ2v) is 3.66. The normalized spacial score (nSPS) is 18.1. The molecule has 0 saturated heterocycles. The summed E-state index contributed by atoms with van der Waals surface area (Å²) in [6.45, 7) is 0.480. The van der Waals surface area contributed by atoms with Crippen molar-refractivity contribution in [3.8, 4) is 0 Å². The van der Waals surface area contributed by atoms with Crippen LogP contribution in [0.2, 0.25) is 5.15 Å². The van der Waals surface area contributed by atoms with Gasteiger partial charge >= 0.3 is 0 Å². The molecule has 6 heteroatoms. The molecule has 0 saturated carbocycles. The molecule has 0 radical (unpaired) electrons. The van der Waals surface area contributed by atoms with Crippen molar-refractivity contribution in [2.45, 2.75) is 0 Å². The maximum Gasteiger partial charge on any atom is 0.152 e. The number of pyridine rings is 1. The number of nitrogens with two attached hydrogens (primary N) is 1. The van der Waals surface area contributed by atoms with Crippen LogP contribution in [-0.2, 0) is 0 Å². The molecule has 0 bridgehead atoms. The van der Waals surface area contributed by atoms with Crippen LogP contribution in [0.1, 0.15) is 5.56 Å². The maximum atomic E-state index is 7.89. The molecule has 1 aliphatic rings. The van der Waals surface area contributed by atoms with E-state index in [1.54, 1.807) is 12.3 Å². The summed E-state index contributed by atoms with van der Waals surface area (Å²) in [5.74, 6) is 5.22. The van der Waals surface area contributed by atoms with Gasteiger partial charge in [0, 0.05) is 18.8 Å². The fourth-order valence-electron chi connectivity index (χ4n) is 1.64. The van der Waals surface area contributed by atoms with Crippen LogP contribution in [0.4, 0.5) is 5.69 Å². The van der Waals surface area contributed by atoms with E-state index in [9.17, 15) is 0 Å². The van der Waals surface area contributed by atoms with Crippen LogP contribution in [0.15, 0.2) is 17.4 Å². The van der Waals surface area contributed by atoms with Gasteiger partial charge < -0.3 is 10.7 Å². The highest BCUT2D eigenvalue weighted by Gasteiger charge is 2.25. The van der Waals surface area contributed by atoms with E-state index in [1.165, 1.54) is 0 Å². The fraction of sp³-hybridized carbons (Fsp3) is 0.222. The molecule has 1 aromatic heterocycles. The molecule has 78 valence electrons. The monoisotopic (exact) mass is 223 g/mol. The van der Waals surface area contributed by atoms with Crippen LogP contribution in [-0.4, -0.2) is 30.0 Å². The van der Waals surface area contributed by atoms with Crippen molar-refractivity contribution >= 4 is 28.7 Å². The number of hydrogen-bond donors (Lipinski definition) is 2. The second kappa shape index (κ2) is 3.51. The van der Waals surface area contributed by atoms with Crippen LogP contribution in [0.5, 0.6) is 0 Å². The first-order valence-corrected chi connectivity index (χ1v) is 4.74. The van der Waals surface area contributed by atoms with E-state index < -0.39 is 0 Å². The average molecular weight is 224 g/mol. The van der Waals surface area contributed by atoms with Gasteiger partial charge in [-0.1, -0.05) is 11.6 Å². The Morgan fingerprint density at radius 3 is 3.07 bits per heavy atom. The quantitative estimate of drug-likeness (QED) is 0.389. The van der Waals surface area contributed by atoms with E-state index in [0.29, 0.717) is 28.7 Å². The minimum atomic E-state index is 0.315. The summed E-state index contributed by atoms with van der Waals surface area (Å²) in [6, 6.07) is 1.74. The Hall–Kier alpha value is -1.62. The maximum absolute atomic E-state index is 7.89. The summed E-state index contributed by atoms with van der Waals surface area (Å²) >= 11 is 5.97. The van der Waals surface area contributed by atoms with E-state index in [2.05, 4.69) is 10.1 Å². The molecular formula is C9H10ClN5. The molecule has 15 heavy (non-hydrogen) atoms. The van der Waals surface area contributed by atoms with Gasteiger partial charge in [0.05, 0.1) is 17.9 Å². The van der Waals surface area contributed by atoms with E-state index in [1.807, 2.05) is 11.9 Å². The summed E-state index contributed by atoms with van der Waals surface area (Å²) in [6.07, 6.45) is 1.57.